The molecule has 26 heavy (non-hydrogen) atoms. The van der Waals surface area contributed by atoms with E-state index in [2.05, 4.69) is 11.9 Å². The van der Waals surface area contributed by atoms with Gasteiger partial charge in [-0.1, -0.05) is 18.2 Å². The first-order valence-electron chi connectivity index (χ1n) is 8.38. The minimum atomic E-state index is -0.432. The Morgan fingerprint density at radius 1 is 1.31 bits per heavy atom. The van der Waals surface area contributed by atoms with Gasteiger partial charge in [0.25, 0.3) is 5.91 Å². The van der Waals surface area contributed by atoms with Crippen LogP contribution in [0, 0.1) is 13.8 Å². The van der Waals surface area contributed by atoms with Gasteiger partial charge in [-0.2, -0.15) is 0 Å². The van der Waals surface area contributed by atoms with Gasteiger partial charge >= 0.3 is 5.97 Å². The molecule has 5 nitrogen and oxygen atoms in total. The summed E-state index contributed by atoms with van der Waals surface area (Å²) < 4.78 is 6.94. The number of carbonyl (C=O) groups excluding carboxylic acids is 2. The maximum Gasteiger partial charge on any atom is 0.355 e. The lowest BCUT2D eigenvalue weighted by atomic mass is 10.1. The second-order valence-corrected chi connectivity index (χ2v) is 6.56. The SMILES string of the molecule is C=CCn1c(C)c(C(=O)Nc2ccccc2SC)c(C)c1C(=O)OCC. The number of carbonyl (C=O) groups is 2. The van der Waals surface area contributed by atoms with Crippen molar-refractivity contribution >= 4 is 29.3 Å². The summed E-state index contributed by atoms with van der Waals surface area (Å²) in [7, 11) is 0. The summed E-state index contributed by atoms with van der Waals surface area (Å²) in [6.07, 6.45) is 3.65. The number of thioether (sulfide) groups is 1. The molecule has 0 fully saturated rings. The minimum absolute atomic E-state index is 0.241. The largest absolute Gasteiger partial charge is 0.461 e. The van der Waals surface area contributed by atoms with Gasteiger partial charge in [-0.3, -0.25) is 4.79 Å². The fourth-order valence-corrected chi connectivity index (χ4v) is 3.54. The highest BCUT2D eigenvalue weighted by atomic mass is 32.2. The molecular formula is C20H24N2O3S. The molecule has 2 rings (SSSR count). The summed E-state index contributed by atoms with van der Waals surface area (Å²) in [5.74, 6) is -0.673. The van der Waals surface area contributed by atoms with E-state index in [1.165, 1.54) is 0 Å². The molecule has 6 heteroatoms. The van der Waals surface area contributed by atoms with E-state index in [9.17, 15) is 9.59 Å². The lowest BCUT2D eigenvalue weighted by Gasteiger charge is -2.10. The topological polar surface area (TPSA) is 60.3 Å². The number of ether oxygens (including phenoxy) is 1. The number of amides is 1. The third kappa shape index (κ3) is 3.85. The maximum atomic E-state index is 13.0. The highest BCUT2D eigenvalue weighted by molar-refractivity contribution is 7.98. The van der Waals surface area contributed by atoms with Gasteiger partial charge in [-0.25, -0.2) is 4.79 Å². The van der Waals surface area contributed by atoms with Gasteiger partial charge in [0, 0.05) is 17.1 Å². The fraction of sp³-hybridized carbons (Fsp3) is 0.300. The third-order valence-electron chi connectivity index (χ3n) is 4.13. The molecule has 0 aliphatic rings. The first-order chi connectivity index (χ1) is 12.5. The lowest BCUT2D eigenvalue weighted by molar-refractivity contribution is 0.0513. The second-order valence-electron chi connectivity index (χ2n) is 5.71. The molecule has 1 N–H and O–H groups in total. The van der Waals surface area contributed by atoms with Crippen molar-refractivity contribution in [3.05, 3.63) is 59.4 Å². The van der Waals surface area contributed by atoms with Crippen LogP contribution in [0.5, 0.6) is 0 Å². The van der Waals surface area contributed by atoms with Crippen LogP contribution < -0.4 is 5.32 Å². The van der Waals surface area contributed by atoms with Gasteiger partial charge in [-0.15, -0.1) is 18.3 Å². The molecule has 1 amide bonds. The molecule has 0 bridgehead atoms. The molecule has 1 heterocycles. The highest BCUT2D eigenvalue weighted by Crippen LogP contribution is 2.28. The Labute approximate surface area is 158 Å². The van der Waals surface area contributed by atoms with Crippen LogP contribution in [0.1, 0.15) is 39.0 Å². The number of para-hydroxylation sites is 1. The zero-order valence-corrected chi connectivity index (χ0v) is 16.4. The van der Waals surface area contributed by atoms with Crippen molar-refractivity contribution in [2.75, 3.05) is 18.2 Å². The van der Waals surface area contributed by atoms with E-state index in [0.717, 1.165) is 10.6 Å². The summed E-state index contributed by atoms with van der Waals surface area (Å²) in [6.45, 7) is 9.80. The first-order valence-corrected chi connectivity index (χ1v) is 9.60. The highest BCUT2D eigenvalue weighted by Gasteiger charge is 2.27. The van der Waals surface area contributed by atoms with Gasteiger partial charge in [0.05, 0.1) is 17.9 Å². The van der Waals surface area contributed by atoms with E-state index in [-0.39, 0.29) is 12.5 Å². The van der Waals surface area contributed by atoms with Gasteiger partial charge < -0.3 is 14.6 Å². The van der Waals surface area contributed by atoms with Gasteiger partial charge in [-0.05, 0) is 44.7 Å². The van der Waals surface area contributed by atoms with E-state index in [4.69, 9.17) is 4.74 Å². The zero-order valence-electron chi connectivity index (χ0n) is 15.6. The summed E-state index contributed by atoms with van der Waals surface area (Å²) >= 11 is 1.56. The number of rotatable bonds is 7. The zero-order chi connectivity index (χ0) is 19.3. The Morgan fingerprint density at radius 3 is 2.62 bits per heavy atom. The van der Waals surface area contributed by atoms with Crippen molar-refractivity contribution < 1.29 is 14.3 Å². The van der Waals surface area contributed by atoms with E-state index in [0.29, 0.717) is 29.1 Å². The third-order valence-corrected chi connectivity index (χ3v) is 4.93. The van der Waals surface area contributed by atoms with Gasteiger partial charge in [0.2, 0.25) is 0 Å². The molecular weight excluding hydrogens is 348 g/mol. The van der Waals surface area contributed by atoms with E-state index in [1.54, 1.807) is 36.3 Å². The normalized spacial score (nSPS) is 10.5. The number of esters is 1. The standard InChI is InChI=1S/C20H24N2O3S/c1-6-12-22-14(4)17(13(3)18(22)20(24)25-7-2)19(23)21-15-10-8-9-11-16(15)26-5/h6,8-11H,1,7,12H2,2-5H3,(H,21,23). The van der Waals surface area contributed by atoms with Crippen molar-refractivity contribution in [3.8, 4) is 0 Å². The van der Waals surface area contributed by atoms with E-state index in [1.807, 2.05) is 37.4 Å². The monoisotopic (exact) mass is 372 g/mol. The summed E-state index contributed by atoms with van der Waals surface area (Å²) in [6, 6.07) is 7.62. The molecule has 0 saturated heterocycles. The number of anilines is 1. The van der Waals surface area contributed by atoms with Crippen LogP contribution in [0.4, 0.5) is 5.69 Å². The lowest BCUT2D eigenvalue weighted by Crippen LogP contribution is -2.14. The second kappa shape index (κ2) is 8.76. The molecule has 0 unspecified atom stereocenters. The number of nitrogens with zero attached hydrogens (tertiary/aromatic N) is 1. The van der Waals surface area contributed by atoms with Crippen LogP contribution in [0.25, 0.3) is 0 Å². The Balaban J connectivity index is 2.48. The quantitative estimate of drug-likeness (QED) is 0.443. The van der Waals surface area contributed by atoms with Crippen molar-refractivity contribution in [2.24, 2.45) is 0 Å². The van der Waals surface area contributed by atoms with Crippen LogP contribution in [0.3, 0.4) is 0 Å². The molecule has 0 radical (unpaired) electrons. The molecule has 0 saturated carbocycles. The van der Waals surface area contributed by atoms with E-state index < -0.39 is 5.97 Å². The van der Waals surface area contributed by atoms with Crippen molar-refractivity contribution in [1.29, 1.82) is 0 Å². The molecule has 0 aliphatic heterocycles. The minimum Gasteiger partial charge on any atom is -0.461 e. The predicted octanol–water partition coefficient (Wildman–Crippen LogP) is 4.44. The average molecular weight is 372 g/mol. The molecule has 0 aliphatic carbocycles. The number of allylic oxidation sites excluding steroid dienone is 1. The Hall–Kier alpha value is -2.47. The van der Waals surface area contributed by atoms with Crippen LogP contribution in [-0.2, 0) is 11.3 Å². The first kappa shape index (κ1) is 19.8. The van der Waals surface area contributed by atoms with Crippen LogP contribution >= 0.6 is 11.8 Å². The van der Waals surface area contributed by atoms with Crippen molar-refractivity contribution in [2.45, 2.75) is 32.2 Å². The average Bonchev–Trinajstić information content (AvgIpc) is 2.86. The maximum absolute atomic E-state index is 13.0. The van der Waals surface area contributed by atoms with Crippen LogP contribution in [0.15, 0.2) is 41.8 Å². The Bertz CT molecular complexity index is 840. The summed E-state index contributed by atoms with van der Waals surface area (Å²) in [5.41, 5.74) is 2.96. The number of aromatic nitrogens is 1. The fourth-order valence-electron chi connectivity index (χ4n) is 2.98. The molecule has 0 spiro atoms. The van der Waals surface area contributed by atoms with Crippen molar-refractivity contribution in [1.82, 2.24) is 4.57 Å². The van der Waals surface area contributed by atoms with Gasteiger partial charge in [0.15, 0.2) is 0 Å². The molecule has 138 valence electrons. The van der Waals surface area contributed by atoms with Crippen LogP contribution in [-0.4, -0.2) is 29.3 Å². The summed E-state index contributed by atoms with van der Waals surface area (Å²) in [4.78, 5) is 26.3. The van der Waals surface area contributed by atoms with Crippen LogP contribution in [0.2, 0.25) is 0 Å². The number of benzene rings is 1. The van der Waals surface area contributed by atoms with Gasteiger partial charge in [0.1, 0.15) is 5.69 Å². The summed E-state index contributed by atoms with van der Waals surface area (Å²) in [5, 5.41) is 2.96. The number of hydrogen-bond acceptors (Lipinski definition) is 4. The Kier molecular flexibility index (Phi) is 6.69. The molecule has 1 aromatic carbocycles. The van der Waals surface area contributed by atoms with E-state index >= 15 is 0 Å². The van der Waals surface area contributed by atoms with Crippen molar-refractivity contribution in [3.63, 3.8) is 0 Å². The molecule has 2 aromatic rings. The molecule has 0 atom stereocenters. The number of hydrogen-bond donors (Lipinski definition) is 1. The molecule has 1 aromatic heterocycles. The number of nitrogens with one attached hydrogen (secondary N) is 1. The predicted molar refractivity (Wildman–Crippen MR) is 106 cm³/mol. The smallest absolute Gasteiger partial charge is 0.355 e. The Morgan fingerprint density at radius 2 is 2.00 bits per heavy atom.